The zero-order valence-electron chi connectivity index (χ0n) is 69.8. The van der Waals surface area contributed by atoms with Gasteiger partial charge in [-0.05, 0) is 124 Å². The van der Waals surface area contributed by atoms with Gasteiger partial charge in [0.25, 0.3) is 0 Å². The van der Waals surface area contributed by atoms with E-state index >= 15 is 0 Å². The van der Waals surface area contributed by atoms with Gasteiger partial charge in [0.15, 0.2) is 43.3 Å². The number of azo groups is 1. The Labute approximate surface area is 646 Å². The van der Waals surface area contributed by atoms with E-state index in [1.807, 2.05) is 82.2 Å². The van der Waals surface area contributed by atoms with Gasteiger partial charge in [-0.1, -0.05) is 131 Å². The van der Waals surface area contributed by atoms with Crippen molar-refractivity contribution in [2.24, 2.45) is 141 Å². The van der Waals surface area contributed by atoms with Crippen LogP contribution >= 0.6 is 0 Å². The lowest BCUT2D eigenvalue weighted by molar-refractivity contribution is -0.158. The van der Waals surface area contributed by atoms with Gasteiger partial charge >= 0.3 is 5.66 Å². The van der Waals surface area contributed by atoms with Crippen molar-refractivity contribution in [2.45, 2.75) is 272 Å². The maximum absolute atomic E-state index is 14.5. The van der Waals surface area contributed by atoms with Crippen LogP contribution in [-0.2, 0) is 85.6 Å². The van der Waals surface area contributed by atoms with Gasteiger partial charge in [-0.25, -0.2) is 6.57 Å². The van der Waals surface area contributed by atoms with Crippen molar-refractivity contribution in [2.75, 3.05) is 79.3 Å². The molecule has 6 heterocycles. The summed E-state index contributed by atoms with van der Waals surface area (Å²) in [6.07, 6.45) is 3.22. The van der Waals surface area contributed by atoms with E-state index in [0.29, 0.717) is 118 Å². The van der Waals surface area contributed by atoms with Crippen molar-refractivity contribution in [3.8, 4) is 6.07 Å². The number of carbonyl (C=O) groups excluding carboxylic acids is 6. The Kier molecular flexibility index (Phi) is 37.2. The zero-order valence-corrected chi connectivity index (χ0v) is 69.8. The van der Waals surface area contributed by atoms with Crippen LogP contribution in [0.4, 0.5) is 0 Å². The van der Waals surface area contributed by atoms with Gasteiger partial charge in [-0.15, -0.1) is 5.11 Å². The van der Waals surface area contributed by atoms with Crippen LogP contribution in [0.3, 0.4) is 0 Å². The Morgan fingerprint density at radius 2 is 0.806 bits per heavy atom. The molecule has 0 aliphatic carbocycles. The first kappa shape index (κ1) is 96.9. The quantitative estimate of drug-likeness (QED) is 0.0195. The van der Waals surface area contributed by atoms with Gasteiger partial charge in [-0.2, -0.15) is 10.4 Å². The van der Waals surface area contributed by atoms with E-state index in [1.54, 1.807) is 40.7 Å². The molecule has 11 atom stereocenters. The summed E-state index contributed by atoms with van der Waals surface area (Å²) in [5.41, 5.74) is 28.1. The lowest BCUT2D eigenvalue weighted by Gasteiger charge is -2.52. The van der Waals surface area contributed by atoms with Crippen molar-refractivity contribution in [3.05, 3.63) is 24.1 Å². The molecule has 6 fully saturated rings. The van der Waals surface area contributed by atoms with Crippen molar-refractivity contribution in [1.82, 2.24) is 0 Å². The largest absolute Gasteiger partial charge is 0.369 e. The average Bonchev–Trinajstić information content (AvgIpc) is 1.16. The minimum atomic E-state index is -1.43. The third kappa shape index (κ3) is 29.0. The summed E-state index contributed by atoms with van der Waals surface area (Å²) in [6.45, 7) is 59.4. The number of ether oxygens (including phenoxy) is 12. The molecule has 6 aliphatic rings. The molecule has 0 spiro atoms. The fourth-order valence-electron chi connectivity index (χ4n) is 15.4. The lowest BCUT2D eigenvalue weighted by atomic mass is 9.51. The third-order valence-corrected chi connectivity index (χ3v) is 22.6. The first-order chi connectivity index (χ1) is 49.7. The van der Waals surface area contributed by atoms with Crippen LogP contribution < -0.4 is 34.4 Å². The van der Waals surface area contributed by atoms with E-state index < -0.39 is 110 Å². The summed E-state index contributed by atoms with van der Waals surface area (Å²) >= 11 is 0. The normalized spacial score (nSPS) is 21.9. The van der Waals surface area contributed by atoms with Crippen LogP contribution in [0.5, 0.6) is 0 Å². The molecule has 0 radical (unpaired) electrons. The molecule has 0 bridgehead atoms. The SMILES string of the molecule is C=CC1OCCO1.CC(C)C(CC(CC(C(N)=O)C(C)(C)C)C(N)=O)C(N)=O.CC(CC(CCC(CC(CC(C1OCCO1)C(C)(C)C)C1OCCO1)C1OCCO1)(C(N)=O)C(C)(C)C)(CC(CCC(CC(C1OCCO1)C(C)(C)C)C1OCCO1)(C(N)=O)C(C)(C)C)C(N)=O.[C-]#[N+]C(C)(C)N=NC(C)(C)C#N. The van der Waals surface area contributed by atoms with E-state index in [2.05, 4.69) is 63.2 Å². The topological polar surface area (TPSA) is 422 Å². The summed E-state index contributed by atoms with van der Waals surface area (Å²) in [4.78, 5) is 81.3. The monoisotopic (exact) mass is 1530 g/mol. The van der Waals surface area contributed by atoms with Crippen LogP contribution in [-0.4, -0.2) is 164 Å². The van der Waals surface area contributed by atoms with E-state index in [0.717, 1.165) is 0 Å². The molecular formula is C80H142N10O18. The van der Waals surface area contributed by atoms with Crippen LogP contribution in [0.1, 0.15) is 223 Å². The Morgan fingerprint density at radius 3 is 1.07 bits per heavy atom. The van der Waals surface area contributed by atoms with Crippen LogP contribution in [0.25, 0.3) is 4.85 Å². The molecule has 620 valence electrons. The molecule has 0 aromatic carbocycles. The highest BCUT2D eigenvalue weighted by atomic mass is 16.7. The van der Waals surface area contributed by atoms with Gasteiger partial charge in [0.2, 0.25) is 35.4 Å². The summed E-state index contributed by atoms with van der Waals surface area (Å²) in [5, 5.41) is 16.1. The fraction of sp³-hybridized carbons (Fsp3) is 0.875. The molecule has 11 unspecified atom stereocenters. The molecule has 28 nitrogen and oxygen atoms in total. The first-order valence-corrected chi connectivity index (χ1v) is 38.7. The summed E-state index contributed by atoms with van der Waals surface area (Å²) in [7, 11) is 0. The predicted octanol–water partition coefficient (Wildman–Crippen LogP) is 10.8. The second kappa shape index (κ2) is 41.4. The second-order valence-corrected chi connectivity index (χ2v) is 37.2. The summed E-state index contributed by atoms with van der Waals surface area (Å²) in [5.74, 6) is -5.15. The summed E-state index contributed by atoms with van der Waals surface area (Å²) < 4.78 is 71.6. The highest BCUT2D eigenvalue weighted by Crippen LogP contribution is 2.58. The summed E-state index contributed by atoms with van der Waals surface area (Å²) in [6, 6.07) is 1.97. The first-order valence-electron chi connectivity index (χ1n) is 38.7. The van der Waals surface area contributed by atoms with Crippen molar-refractivity contribution in [3.63, 3.8) is 0 Å². The van der Waals surface area contributed by atoms with Gasteiger partial charge in [0, 0.05) is 66.6 Å². The smallest absolute Gasteiger partial charge is 0.335 e. The lowest BCUT2D eigenvalue weighted by Crippen LogP contribution is -2.56. The highest BCUT2D eigenvalue weighted by Gasteiger charge is 2.59. The fourth-order valence-corrected chi connectivity index (χ4v) is 15.4. The zero-order chi connectivity index (χ0) is 82.4. The number of amides is 6. The van der Waals surface area contributed by atoms with Gasteiger partial charge in [0.05, 0.1) is 96.2 Å². The maximum Gasteiger partial charge on any atom is 0.335 e. The number of hydrogen-bond donors (Lipinski definition) is 6. The van der Waals surface area contributed by atoms with Crippen molar-refractivity contribution >= 4 is 35.4 Å². The number of carbonyl (C=O) groups is 6. The number of primary amides is 6. The van der Waals surface area contributed by atoms with E-state index in [9.17, 15) is 28.8 Å². The minimum Gasteiger partial charge on any atom is -0.369 e. The number of nitrogens with two attached hydrogens (primary N) is 6. The van der Waals surface area contributed by atoms with Crippen LogP contribution in [0.2, 0.25) is 0 Å². The van der Waals surface area contributed by atoms with Crippen LogP contribution in [0.15, 0.2) is 22.9 Å². The van der Waals surface area contributed by atoms with Crippen molar-refractivity contribution < 1.29 is 85.6 Å². The molecule has 0 aromatic rings. The molecule has 28 heteroatoms. The molecule has 0 saturated carbocycles. The Bertz CT molecular complexity index is 2930. The minimum absolute atomic E-state index is 0.00557. The molecule has 108 heavy (non-hydrogen) atoms. The Hall–Kier alpha value is -5.34. The molecule has 0 aromatic heterocycles. The van der Waals surface area contributed by atoms with Gasteiger partial charge in [0.1, 0.15) is 0 Å². The van der Waals surface area contributed by atoms with E-state index in [-0.39, 0.29) is 103 Å². The third-order valence-electron chi connectivity index (χ3n) is 22.6. The second-order valence-electron chi connectivity index (χ2n) is 37.2. The highest BCUT2D eigenvalue weighted by molar-refractivity contribution is 5.87. The molecule has 6 rings (SSSR count). The molecular weight excluding hydrogens is 1390 g/mol. The van der Waals surface area contributed by atoms with Gasteiger partial charge in [-0.3, -0.25) is 33.6 Å². The molecule has 12 N–H and O–H groups in total. The van der Waals surface area contributed by atoms with Crippen molar-refractivity contribution in [1.29, 1.82) is 5.26 Å². The number of nitrogens with zero attached hydrogens (tertiary/aromatic N) is 4. The Balaban J connectivity index is 0.000000609. The average molecular weight is 1530 g/mol. The molecule has 6 aliphatic heterocycles. The number of rotatable bonds is 35. The predicted molar refractivity (Wildman–Crippen MR) is 409 cm³/mol. The number of hydrogen-bond acceptors (Lipinski definition) is 21. The van der Waals surface area contributed by atoms with E-state index in [4.69, 9.17) is 103 Å². The molecule has 6 amide bonds. The van der Waals surface area contributed by atoms with E-state index in [1.165, 1.54) is 0 Å². The standard InChI is InChI=1S/C52H93N3O13.C15H29N3O3.C8H12N4.C5H8O2/c1-46(2,3)36(41-65-24-25-66-41)29-34(39-61-20-21-62-39)15-17-52(45(55)58,49(10,11)12)32-50(13,43(53)56)31-51(44(54)57,48(7,8)9)16-14-33(38-59-18-19-60-38)28-35(40-63-22-23-64-40)30-37(47(4,5)6)42-67-26-27-68-42;1-8(2)10(13(17)20)6-9(12(16)19)7-11(14(18)21)15(3,4)5;1-7(2,6-9)11-12-8(3,4)10-5;1-2-5-6-3-4-7-5/h33-42H,14-32H2,1-13H3,(H2,53,56)(H2,54,57)(H2,55,58);8-11H,6-7H2,1-5H3,(H2,16,19)(H2,17,20)(H2,18,21);1-4H3;2,5H,1,3-4H2. The number of nitriles is 1. The maximum atomic E-state index is 14.5. The molecule has 6 saturated heterocycles. The van der Waals surface area contributed by atoms with Gasteiger partial charge < -0.3 is 91.2 Å². The Morgan fingerprint density at radius 1 is 0.463 bits per heavy atom. The van der Waals surface area contributed by atoms with Crippen LogP contribution in [0, 0.1) is 114 Å².